The molecule has 7 nitrogen and oxygen atoms in total. The van der Waals surface area contributed by atoms with Crippen molar-refractivity contribution in [2.24, 2.45) is 5.73 Å². The summed E-state index contributed by atoms with van der Waals surface area (Å²) in [5, 5.41) is 4.46. The Bertz CT molecular complexity index is 1080. The average Bonchev–Trinajstić information content (AvgIpc) is 3.23. The summed E-state index contributed by atoms with van der Waals surface area (Å²) in [6.07, 6.45) is 12.5. The predicted molar refractivity (Wildman–Crippen MR) is 123 cm³/mol. The molecule has 1 aliphatic rings. The zero-order valence-electron chi connectivity index (χ0n) is 17.5. The second kappa shape index (κ2) is 10.1. The van der Waals surface area contributed by atoms with Gasteiger partial charge in [0.2, 0.25) is 0 Å². The van der Waals surface area contributed by atoms with Gasteiger partial charge in [-0.3, -0.25) is 4.90 Å². The van der Waals surface area contributed by atoms with Crippen molar-refractivity contribution >= 4 is 11.2 Å². The van der Waals surface area contributed by atoms with Crippen LogP contribution in [0.4, 0.5) is 0 Å². The number of nitrogens with zero attached hydrogens (tertiary/aromatic N) is 4. The summed E-state index contributed by atoms with van der Waals surface area (Å²) in [5.74, 6) is 0.861. The third-order valence-corrected chi connectivity index (χ3v) is 5.21. The number of nitrogens with two attached hydrogens (primary N) is 1. The van der Waals surface area contributed by atoms with Crippen LogP contribution in [0.2, 0.25) is 0 Å². The Morgan fingerprint density at radius 1 is 1.16 bits per heavy atom. The van der Waals surface area contributed by atoms with Gasteiger partial charge < -0.3 is 15.2 Å². The van der Waals surface area contributed by atoms with E-state index < -0.39 is 0 Å². The smallest absolute Gasteiger partial charge is 0.162 e. The number of benzene rings is 1. The number of rotatable bonds is 8. The first kappa shape index (κ1) is 20.8. The van der Waals surface area contributed by atoms with Gasteiger partial charge in [-0.15, -0.1) is 0 Å². The largest absolute Gasteiger partial charge is 0.492 e. The molecule has 4 rings (SSSR count). The van der Waals surface area contributed by atoms with Gasteiger partial charge in [0.05, 0.1) is 19.4 Å². The van der Waals surface area contributed by atoms with Gasteiger partial charge >= 0.3 is 0 Å². The standard InChI is InChI=1S/C24H27N5O2/c1-2-3-20(8-9-25)23-17-27-29-18-21(16-26-24(23)29)19-4-6-22(7-5-19)31-15-12-28-10-13-30-14-11-28/h2-9,16-18H,1,10-15,25H2/b9-8-,20-3+. The van der Waals surface area contributed by atoms with Crippen LogP contribution < -0.4 is 10.5 Å². The zero-order valence-corrected chi connectivity index (χ0v) is 17.5. The predicted octanol–water partition coefficient (Wildman–Crippen LogP) is 3.15. The summed E-state index contributed by atoms with van der Waals surface area (Å²) in [6.45, 7) is 8.90. The quantitative estimate of drug-likeness (QED) is 0.568. The van der Waals surface area contributed by atoms with E-state index in [1.54, 1.807) is 16.8 Å². The van der Waals surface area contributed by atoms with Crippen molar-refractivity contribution in [2.45, 2.75) is 0 Å². The fourth-order valence-electron chi connectivity index (χ4n) is 3.55. The fourth-order valence-corrected chi connectivity index (χ4v) is 3.55. The highest BCUT2D eigenvalue weighted by molar-refractivity contribution is 5.82. The van der Waals surface area contributed by atoms with E-state index in [0.717, 1.165) is 66.5 Å². The highest BCUT2D eigenvalue weighted by Gasteiger charge is 2.11. The average molecular weight is 418 g/mol. The summed E-state index contributed by atoms with van der Waals surface area (Å²) < 4.78 is 13.0. The molecule has 160 valence electrons. The summed E-state index contributed by atoms with van der Waals surface area (Å²) in [5.41, 5.74) is 10.2. The molecule has 0 aliphatic carbocycles. The maximum Gasteiger partial charge on any atom is 0.162 e. The van der Waals surface area contributed by atoms with Crippen molar-refractivity contribution < 1.29 is 9.47 Å². The lowest BCUT2D eigenvalue weighted by molar-refractivity contribution is 0.0322. The van der Waals surface area contributed by atoms with Gasteiger partial charge in [-0.25, -0.2) is 9.50 Å². The number of allylic oxidation sites excluding steroid dienone is 4. The van der Waals surface area contributed by atoms with Crippen molar-refractivity contribution in [3.05, 3.63) is 79.4 Å². The highest BCUT2D eigenvalue weighted by atomic mass is 16.5. The van der Waals surface area contributed by atoms with Crippen LogP contribution in [0.3, 0.4) is 0 Å². The normalized spacial score (nSPS) is 15.5. The topological polar surface area (TPSA) is 77.9 Å². The maximum atomic E-state index is 5.90. The van der Waals surface area contributed by atoms with Crippen LogP contribution in [0.25, 0.3) is 22.3 Å². The molecule has 1 aromatic carbocycles. The molecule has 1 saturated heterocycles. The lowest BCUT2D eigenvalue weighted by Gasteiger charge is -2.26. The van der Waals surface area contributed by atoms with E-state index >= 15 is 0 Å². The van der Waals surface area contributed by atoms with E-state index in [9.17, 15) is 0 Å². The van der Waals surface area contributed by atoms with Crippen molar-refractivity contribution in [3.63, 3.8) is 0 Å². The van der Waals surface area contributed by atoms with Crippen LogP contribution in [0, 0.1) is 0 Å². The first-order valence-corrected chi connectivity index (χ1v) is 10.4. The van der Waals surface area contributed by atoms with Crippen molar-refractivity contribution in [1.82, 2.24) is 19.5 Å². The van der Waals surface area contributed by atoms with Gasteiger partial charge in [-0.2, -0.15) is 5.10 Å². The van der Waals surface area contributed by atoms with E-state index in [-0.39, 0.29) is 0 Å². The van der Waals surface area contributed by atoms with E-state index in [1.807, 2.05) is 48.8 Å². The molecule has 0 radical (unpaired) electrons. The van der Waals surface area contributed by atoms with E-state index in [4.69, 9.17) is 15.2 Å². The number of aromatic nitrogens is 3. The summed E-state index contributed by atoms with van der Waals surface area (Å²) >= 11 is 0. The molecular weight excluding hydrogens is 390 g/mol. The monoisotopic (exact) mass is 417 g/mol. The number of morpholine rings is 1. The van der Waals surface area contributed by atoms with Gasteiger partial charge in [-0.1, -0.05) is 30.9 Å². The van der Waals surface area contributed by atoms with Gasteiger partial charge in [0.15, 0.2) is 5.65 Å². The van der Waals surface area contributed by atoms with Crippen LogP contribution in [-0.4, -0.2) is 59.0 Å². The molecule has 1 fully saturated rings. The van der Waals surface area contributed by atoms with Gasteiger partial charge in [0.1, 0.15) is 12.4 Å². The molecule has 31 heavy (non-hydrogen) atoms. The Hall–Kier alpha value is -3.42. The Balaban J connectivity index is 1.45. The maximum absolute atomic E-state index is 5.90. The number of fused-ring (bicyclic) bond motifs is 1. The van der Waals surface area contributed by atoms with Crippen LogP contribution >= 0.6 is 0 Å². The molecule has 0 unspecified atom stereocenters. The lowest BCUT2D eigenvalue weighted by atomic mass is 10.1. The zero-order chi connectivity index (χ0) is 21.5. The van der Waals surface area contributed by atoms with Gasteiger partial charge in [0, 0.05) is 43.2 Å². The fraction of sp³-hybridized carbons (Fsp3) is 0.250. The van der Waals surface area contributed by atoms with Crippen LogP contribution in [-0.2, 0) is 4.74 Å². The minimum absolute atomic E-state index is 0.667. The molecule has 0 atom stereocenters. The van der Waals surface area contributed by atoms with E-state index in [0.29, 0.717) is 6.61 Å². The molecule has 3 heterocycles. The Labute approximate surface area is 182 Å². The van der Waals surface area contributed by atoms with Gasteiger partial charge in [0.25, 0.3) is 0 Å². The van der Waals surface area contributed by atoms with Crippen molar-refractivity contribution in [1.29, 1.82) is 0 Å². The Morgan fingerprint density at radius 3 is 2.71 bits per heavy atom. The van der Waals surface area contributed by atoms with Crippen LogP contribution in [0.5, 0.6) is 5.75 Å². The molecule has 2 N–H and O–H groups in total. The Kier molecular flexibility index (Phi) is 6.76. The summed E-state index contributed by atoms with van der Waals surface area (Å²) in [6, 6.07) is 8.06. The van der Waals surface area contributed by atoms with Gasteiger partial charge in [-0.05, 0) is 35.5 Å². The summed E-state index contributed by atoms with van der Waals surface area (Å²) in [4.78, 5) is 6.99. The number of ether oxygens (including phenoxy) is 2. The molecule has 2 aromatic heterocycles. The second-order valence-corrected chi connectivity index (χ2v) is 7.21. The molecule has 0 bridgehead atoms. The Morgan fingerprint density at radius 2 is 1.97 bits per heavy atom. The minimum Gasteiger partial charge on any atom is -0.492 e. The van der Waals surface area contributed by atoms with Crippen LogP contribution in [0.1, 0.15) is 5.56 Å². The SMILES string of the molecule is C=C/C=C(\C=C/N)c1cnn2cc(-c3ccc(OCCN4CCOCC4)cc3)cnc12. The summed E-state index contributed by atoms with van der Waals surface area (Å²) in [7, 11) is 0. The molecular formula is C24H27N5O2. The first-order valence-electron chi connectivity index (χ1n) is 10.4. The molecule has 3 aromatic rings. The third kappa shape index (κ3) is 5.02. The van der Waals surface area contributed by atoms with Crippen molar-refractivity contribution in [3.8, 4) is 16.9 Å². The molecule has 0 spiro atoms. The third-order valence-electron chi connectivity index (χ3n) is 5.21. The molecule has 0 saturated carbocycles. The van der Waals surface area contributed by atoms with E-state index in [1.165, 1.54) is 6.20 Å². The van der Waals surface area contributed by atoms with E-state index in [2.05, 4.69) is 21.6 Å². The molecule has 7 heteroatoms. The number of hydrogen-bond donors (Lipinski definition) is 1. The number of hydrogen-bond acceptors (Lipinski definition) is 6. The first-order chi connectivity index (χ1) is 15.3. The lowest BCUT2D eigenvalue weighted by Crippen LogP contribution is -2.38. The second-order valence-electron chi connectivity index (χ2n) is 7.21. The minimum atomic E-state index is 0.667. The highest BCUT2D eigenvalue weighted by Crippen LogP contribution is 2.25. The van der Waals surface area contributed by atoms with Crippen LogP contribution in [0.15, 0.2) is 73.9 Å². The van der Waals surface area contributed by atoms with Crippen molar-refractivity contribution in [2.75, 3.05) is 39.5 Å². The molecule has 1 aliphatic heterocycles. The molecule has 0 amide bonds.